The molecule has 3 aromatic rings. The Morgan fingerprint density at radius 3 is 2.34 bits per heavy atom. The fraction of sp³-hybridized carbons (Fsp3) is 0.292. The maximum atomic E-state index is 12.9. The van der Waals surface area contributed by atoms with Crippen LogP contribution in [0.1, 0.15) is 27.8 Å². The van der Waals surface area contributed by atoms with Crippen LogP contribution in [0.2, 0.25) is 5.02 Å². The van der Waals surface area contributed by atoms with Crippen LogP contribution in [-0.4, -0.2) is 63.9 Å². The number of aromatic nitrogens is 2. The van der Waals surface area contributed by atoms with Gasteiger partial charge in [-0.1, -0.05) is 41.9 Å². The lowest BCUT2D eigenvalue weighted by Gasteiger charge is -2.34. The summed E-state index contributed by atoms with van der Waals surface area (Å²) in [6, 6.07) is 16.4. The van der Waals surface area contributed by atoms with Crippen LogP contribution in [0.5, 0.6) is 0 Å². The molecule has 166 valence electrons. The first kappa shape index (κ1) is 22.0. The standard InChI is InChI=1S/C24H26ClN5O2/c1-28-12-11-26-23(28)22(18-5-3-2-4-6-18)27-21(31)17-29-13-15-30(16-14-29)24(32)19-7-9-20(25)10-8-19/h2-12,22H,13-17H2,1H3,(H,27,31). The number of amides is 2. The predicted molar refractivity (Wildman–Crippen MR) is 123 cm³/mol. The van der Waals surface area contributed by atoms with E-state index in [0.29, 0.717) is 36.8 Å². The summed E-state index contributed by atoms with van der Waals surface area (Å²) >= 11 is 5.91. The summed E-state index contributed by atoms with van der Waals surface area (Å²) < 4.78 is 1.92. The van der Waals surface area contributed by atoms with Crippen LogP contribution in [0.3, 0.4) is 0 Å². The largest absolute Gasteiger partial charge is 0.341 e. The quantitative estimate of drug-likeness (QED) is 0.625. The molecule has 2 amide bonds. The van der Waals surface area contributed by atoms with Gasteiger partial charge in [-0.3, -0.25) is 14.5 Å². The SMILES string of the molecule is Cn1ccnc1C(NC(=O)CN1CCN(C(=O)c2ccc(Cl)cc2)CC1)c1ccccc1. The molecule has 0 spiro atoms. The molecule has 1 atom stereocenters. The summed E-state index contributed by atoms with van der Waals surface area (Å²) in [5, 5.41) is 3.74. The number of halogens is 1. The Morgan fingerprint density at radius 1 is 1.03 bits per heavy atom. The number of carbonyl (C=O) groups excluding carboxylic acids is 2. The topological polar surface area (TPSA) is 70.5 Å². The van der Waals surface area contributed by atoms with Crippen molar-refractivity contribution >= 4 is 23.4 Å². The van der Waals surface area contributed by atoms with E-state index in [0.717, 1.165) is 11.4 Å². The van der Waals surface area contributed by atoms with Gasteiger partial charge in [0.05, 0.1) is 6.54 Å². The number of carbonyl (C=O) groups is 2. The predicted octanol–water partition coefficient (Wildman–Crippen LogP) is 2.74. The average Bonchev–Trinajstić information content (AvgIpc) is 3.24. The summed E-state index contributed by atoms with van der Waals surface area (Å²) in [6.45, 7) is 2.72. The zero-order chi connectivity index (χ0) is 22.5. The van der Waals surface area contributed by atoms with E-state index in [1.807, 2.05) is 53.0 Å². The number of imidazole rings is 1. The van der Waals surface area contributed by atoms with E-state index in [1.165, 1.54) is 0 Å². The van der Waals surface area contributed by atoms with Crippen LogP contribution in [0.15, 0.2) is 67.0 Å². The minimum atomic E-state index is -0.323. The molecule has 2 heterocycles. The highest BCUT2D eigenvalue weighted by molar-refractivity contribution is 6.30. The molecule has 1 N–H and O–H groups in total. The molecule has 8 heteroatoms. The summed E-state index contributed by atoms with van der Waals surface area (Å²) in [5.41, 5.74) is 1.61. The maximum absolute atomic E-state index is 12.9. The molecule has 32 heavy (non-hydrogen) atoms. The lowest BCUT2D eigenvalue weighted by Crippen LogP contribution is -2.51. The molecule has 2 aromatic carbocycles. The van der Waals surface area contributed by atoms with Crippen LogP contribution in [-0.2, 0) is 11.8 Å². The van der Waals surface area contributed by atoms with Crippen molar-refractivity contribution in [1.29, 1.82) is 0 Å². The minimum Gasteiger partial charge on any atom is -0.341 e. The molecule has 1 aliphatic rings. The summed E-state index contributed by atoms with van der Waals surface area (Å²) in [6.07, 6.45) is 3.60. The number of aryl methyl sites for hydroxylation is 1. The second-order valence-corrected chi connectivity index (χ2v) is 8.32. The number of nitrogens with one attached hydrogen (secondary N) is 1. The van der Waals surface area contributed by atoms with E-state index in [1.54, 1.807) is 30.5 Å². The van der Waals surface area contributed by atoms with E-state index in [9.17, 15) is 9.59 Å². The third-order valence-corrected chi connectivity index (χ3v) is 5.92. The highest BCUT2D eigenvalue weighted by Crippen LogP contribution is 2.20. The molecule has 0 saturated carbocycles. The van der Waals surface area contributed by atoms with E-state index >= 15 is 0 Å². The van der Waals surface area contributed by atoms with Gasteiger partial charge in [-0.05, 0) is 29.8 Å². The number of hydrogen-bond acceptors (Lipinski definition) is 4. The highest BCUT2D eigenvalue weighted by atomic mass is 35.5. The van der Waals surface area contributed by atoms with Gasteiger partial charge >= 0.3 is 0 Å². The molecule has 7 nitrogen and oxygen atoms in total. The van der Waals surface area contributed by atoms with Crippen molar-refractivity contribution in [1.82, 2.24) is 24.7 Å². The fourth-order valence-electron chi connectivity index (χ4n) is 3.89. The highest BCUT2D eigenvalue weighted by Gasteiger charge is 2.25. The Labute approximate surface area is 192 Å². The molecule has 1 unspecified atom stereocenters. The van der Waals surface area contributed by atoms with Crippen molar-refractivity contribution in [3.8, 4) is 0 Å². The Kier molecular flexibility index (Phi) is 6.87. The number of nitrogens with zero attached hydrogens (tertiary/aromatic N) is 4. The van der Waals surface area contributed by atoms with Gasteiger partial charge in [-0.15, -0.1) is 0 Å². The van der Waals surface area contributed by atoms with E-state index < -0.39 is 0 Å². The minimum absolute atomic E-state index is 0.00954. The Bertz CT molecular complexity index is 1060. The molecule has 4 rings (SSSR count). The normalized spacial score (nSPS) is 15.4. The number of rotatable bonds is 6. The molecular formula is C24H26ClN5O2. The fourth-order valence-corrected chi connectivity index (χ4v) is 4.02. The smallest absolute Gasteiger partial charge is 0.253 e. The molecule has 1 aromatic heterocycles. The summed E-state index contributed by atoms with van der Waals surface area (Å²) in [4.78, 5) is 33.9. The first-order valence-electron chi connectivity index (χ1n) is 10.6. The van der Waals surface area contributed by atoms with Crippen molar-refractivity contribution in [2.45, 2.75) is 6.04 Å². The van der Waals surface area contributed by atoms with Crippen molar-refractivity contribution in [3.63, 3.8) is 0 Å². The van der Waals surface area contributed by atoms with E-state index in [4.69, 9.17) is 11.6 Å². The van der Waals surface area contributed by atoms with Crippen LogP contribution in [0.25, 0.3) is 0 Å². The van der Waals surface area contributed by atoms with Crippen molar-refractivity contribution < 1.29 is 9.59 Å². The lowest BCUT2D eigenvalue weighted by atomic mass is 10.1. The van der Waals surface area contributed by atoms with E-state index in [2.05, 4.69) is 15.2 Å². The zero-order valence-electron chi connectivity index (χ0n) is 17.9. The van der Waals surface area contributed by atoms with Gasteiger partial charge < -0.3 is 14.8 Å². The lowest BCUT2D eigenvalue weighted by molar-refractivity contribution is -0.123. The maximum Gasteiger partial charge on any atom is 0.253 e. The van der Waals surface area contributed by atoms with Crippen LogP contribution in [0, 0.1) is 0 Å². The second kappa shape index (κ2) is 9.97. The Balaban J connectivity index is 1.34. The van der Waals surface area contributed by atoms with Gasteiger partial charge in [0.2, 0.25) is 5.91 Å². The molecule has 0 bridgehead atoms. The molecule has 0 aliphatic carbocycles. The van der Waals surface area contributed by atoms with Gasteiger partial charge in [-0.25, -0.2) is 4.98 Å². The number of benzene rings is 2. The van der Waals surface area contributed by atoms with Crippen LogP contribution < -0.4 is 5.32 Å². The van der Waals surface area contributed by atoms with Crippen molar-refractivity contribution in [3.05, 3.63) is 89.0 Å². The zero-order valence-corrected chi connectivity index (χ0v) is 18.7. The van der Waals surface area contributed by atoms with Gasteiger partial charge in [0, 0.05) is 56.2 Å². The van der Waals surface area contributed by atoms with E-state index in [-0.39, 0.29) is 24.4 Å². The monoisotopic (exact) mass is 451 g/mol. The average molecular weight is 452 g/mol. The second-order valence-electron chi connectivity index (χ2n) is 7.88. The van der Waals surface area contributed by atoms with Crippen LogP contribution >= 0.6 is 11.6 Å². The molecule has 0 radical (unpaired) electrons. The summed E-state index contributed by atoms with van der Waals surface area (Å²) in [5.74, 6) is 0.701. The first-order valence-corrected chi connectivity index (χ1v) is 11.0. The molecule has 1 fully saturated rings. The van der Waals surface area contributed by atoms with Gasteiger partial charge in [0.1, 0.15) is 11.9 Å². The van der Waals surface area contributed by atoms with Gasteiger partial charge in [0.15, 0.2) is 0 Å². The molecule has 1 saturated heterocycles. The first-order chi connectivity index (χ1) is 15.5. The van der Waals surface area contributed by atoms with Crippen LogP contribution in [0.4, 0.5) is 0 Å². The number of hydrogen-bond donors (Lipinski definition) is 1. The van der Waals surface area contributed by atoms with Gasteiger partial charge in [-0.2, -0.15) is 0 Å². The Morgan fingerprint density at radius 2 is 1.72 bits per heavy atom. The third kappa shape index (κ3) is 5.18. The van der Waals surface area contributed by atoms with Crippen molar-refractivity contribution in [2.24, 2.45) is 7.05 Å². The Hall–Kier alpha value is -3.16. The molecular weight excluding hydrogens is 426 g/mol. The van der Waals surface area contributed by atoms with Crippen molar-refractivity contribution in [2.75, 3.05) is 32.7 Å². The van der Waals surface area contributed by atoms with Gasteiger partial charge in [0.25, 0.3) is 5.91 Å². The molecule has 1 aliphatic heterocycles. The number of piperazine rings is 1. The summed E-state index contributed by atoms with van der Waals surface area (Å²) in [7, 11) is 1.92. The third-order valence-electron chi connectivity index (χ3n) is 5.67.